The van der Waals surface area contributed by atoms with E-state index in [-0.39, 0.29) is 0 Å². The van der Waals surface area contributed by atoms with Gasteiger partial charge in [0.15, 0.2) is 0 Å². The molecule has 0 unspecified atom stereocenters. The second kappa shape index (κ2) is 4.80. The minimum atomic E-state index is -1.77. The number of hydrogen-bond acceptors (Lipinski definition) is 3. The molecule has 6 heteroatoms. The highest BCUT2D eigenvalue weighted by Gasteiger charge is 2.23. The lowest BCUT2D eigenvalue weighted by molar-refractivity contribution is 0.319. The SMILES string of the molecule is ClC(Cl)(Cl)Oc1nc(-c2ccccc2)cs1. The third-order valence-electron chi connectivity index (χ3n) is 1.76. The van der Waals surface area contributed by atoms with Crippen LogP contribution in [0.15, 0.2) is 35.7 Å². The van der Waals surface area contributed by atoms with Gasteiger partial charge in [-0.05, 0) is 34.8 Å². The summed E-state index contributed by atoms with van der Waals surface area (Å²) in [4.78, 5) is 4.21. The molecule has 0 bridgehead atoms. The molecule has 0 spiro atoms. The average molecular weight is 295 g/mol. The number of rotatable bonds is 2. The van der Waals surface area contributed by atoms with E-state index in [1.165, 1.54) is 11.3 Å². The van der Waals surface area contributed by atoms with Gasteiger partial charge in [-0.3, -0.25) is 0 Å². The molecular weight excluding hydrogens is 289 g/mol. The predicted molar refractivity (Wildman–Crippen MR) is 68.5 cm³/mol. The van der Waals surface area contributed by atoms with Crippen molar-refractivity contribution in [1.29, 1.82) is 0 Å². The van der Waals surface area contributed by atoms with E-state index in [1.807, 2.05) is 35.7 Å². The maximum Gasteiger partial charge on any atom is 0.340 e. The number of nitrogens with zero attached hydrogens (tertiary/aromatic N) is 1. The molecule has 0 amide bonds. The fourth-order valence-electron chi connectivity index (χ4n) is 1.14. The first-order valence-corrected chi connectivity index (χ1v) is 6.33. The Bertz CT molecular complexity index is 466. The third-order valence-corrected chi connectivity index (χ3v) is 2.70. The molecule has 0 aliphatic heterocycles. The predicted octanol–water partition coefficient (Wildman–Crippen LogP) is 4.52. The largest absolute Gasteiger partial charge is 0.419 e. The topological polar surface area (TPSA) is 22.1 Å². The zero-order valence-corrected chi connectivity index (χ0v) is 10.9. The van der Waals surface area contributed by atoms with E-state index in [1.54, 1.807) is 0 Å². The quantitative estimate of drug-likeness (QED) is 0.760. The van der Waals surface area contributed by atoms with E-state index in [0.29, 0.717) is 5.19 Å². The van der Waals surface area contributed by atoms with E-state index in [9.17, 15) is 0 Å². The highest BCUT2D eigenvalue weighted by atomic mass is 35.6. The molecule has 0 atom stereocenters. The number of aromatic nitrogens is 1. The van der Waals surface area contributed by atoms with Gasteiger partial charge >= 0.3 is 3.98 Å². The lowest BCUT2D eigenvalue weighted by atomic mass is 10.2. The molecule has 0 N–H and O–H groups in total. The Balaban J connectivity index is 2.21. The zero-order valence-electron chi connectivity index (χ0n) is 7.86. The maximum absolute atomic E-state index is 5.50. The molecule has 0 saturated carbocycles. The molecule has 0 aliphatic carbocycles. The van der Waals surface area contributed by atoms with Crippen LogP contribution in [-0.4, -0.2) is 8.96 Å². The van der Waals surface area contributed by atoms with Crippen LogP contribution in [0.5, 0.6) is 5.19 Å². The standard InChI is InChI=1S/C10H6Cl3NOS/c11-10(12,13)15-9-14-8(6-16-9)7-4-2-1-3-5-7/h1-6H. The van der Waals surface area contributed by atoms with Crippen molar-refractivity contribution in [3.63, 3.8) is 0 Å². The first kappa shape index (κ1) is 12.0. The van der Waals surface area contributed by atoms with Crippen molar-refractivity contribution in [3.05, 3.63) is 35.7 Å². The van der Waals surface area contributed by atoms with E-state index in [4.69, 9.17) is 39.5 Å². The van der Waals surface area contributed by atoms with Gasteiger partial charge < -0.3 is 4.74 Å². The Kier molecular flexibility index (Phi) is 3.60. The molecule has 2 nitrogen and oxygen atoms in total. The Morgan fingerprint density at radius 2 is 1.81 bits per heavy atom. The van der Waals surface area contributed by atoms with Crippen LogP contribution in [0, 0.1) is 0 Å². The van der Waals surface area contributed by atoms with Gasteiger partial charge in [-0.15, -0.1) is 0 Å². The molecule has 0 fully saturated rings. The molecule has 0 saturated heterocycles. The van der Waals surface area contributed by atoms with E-state index < -0.39 is 3.98 Å². The van der Waals surface area contributed by atoms with Crippen molar-refractivity contribution < 1.29 is 4.74 Å². The summed E-state index contributed by atoms with van der Waals surface area (Å²) in [5.74, 6) is 0. The van der Waals surface area contributed by atoms with Crippen LogP contribution in [0.3, 0.4) is 0 Å². The Hall–Kier alpha value is -0.480. The lowest BCUT2D eigenvalue weighted by Crippen LogP contribution is -2.12. The van der Waals surface area contributed by atoms with Gasteiger partial charge in [0, 0.05) is 10.9 Å². The minimum Gasteiger partial charge on any atom is -0.419 e. The number of hydrogen-bond donors (Lipinski definition) is 0. The van der Waals surface area contributed by atoms with Gasteiger partial charge in [0.1, 0.15) is 0 Å². The van der Waals surface area contributed by atoms with Crippen LogP contribution in [-0.2, 0) is 0 Å². The number of alkyl halides is 3. The van der Waals surface area contributed by atoms with Crippen molar-refractivity contribution in [1.82, 2.24) is 4.98 Å². The third kappa shape index (κ3) is 3.25. The van der Waals surface area contributed by atoms with E-state index in [0.717, 1.165) is 11.3 Å². The van der Waals surface area contributed by atoms with Crippen LogP contribution in [0.2, 0.25) is 0 Å². The van der Waals surface area contributed by atoms with Gasteiger partial charge in [0.25, 0.3) is 5.19 Å². The molecule has 1 aromatic carbocycles. The van der Waals surface area contributed by atoms with Gasteiger partial charge in [-0.2, -0.15) is 0 Å². The monoisotopic (exact) mass is 293 g/mol. The van der Waals surface area contributed by atoms with Gasteiger partial charge in [-0.25, -0.2) is 4.98 Å². The highest BCUT2D eigenvalue weighted by Crippen LogP contribution is 2.33. The molecular formula is C10H6Cl3NOS. The molecule has 2 rings (SSSR count). The Labute approximate surface area is 112 Å². The number of halogens is 3. The van der Waals surface area contributed by atoms with Crippen molar-refractivity contribution in [2.45, 2.75) is 3.98 Å². The van der Waals surface area contributed by atoms with Crippen molar-refractivity contribution in [2.24, 2.45) is 0 Å². The van der Waals surface area contributed by atoms with Gasteiger partial charge in [-0.1, -0.05) is 41.7 Å². The number of thiazole rings is 1. The minimum absolute atomic E-state index is 0.332. The maximum atomic E-state index is 5.50. The van der Waals surface area contributed by atoms with Gasteiger partial charge in [0.2, 0.25) is 0 Å². The summed E-state index contributed by atoms with van der Waals surface area (Å²) in [5.41, 5.74) is 1.80. The van der Waals surface area contributed by atoms with Crippen molar-refractivity contribution in [3.8, 4) is 16.5 Å². The summed E-state index contributed by atoms with van der Waals surface area (Å²) in [6, 6.07) is 9.71. The number of benzene rings is 1. The second-order valence-corrected chi connectivity index (χ2v) is 5.91. The Morgan fingerprint density at radius 1 is 1.12 bits per heavy atom. The first-order chi connectivity index (χ1) is 7.54. The normalized spacial score (nSPS) is 11.4. The van der Waals surface area contributed by atoms with Gasteiger partial charge in [0.05, 0.1) is 5.69 Å². The van der Waals surface area contributed by atoms with Crippen LogP contribution >= 0.6 is 46.1 Å². The summed E-state index contributed by atoms with van der Waals surface area (Å²) >= 11 is 17.8. The Morgan fingerprint density at radius 3 is 2.44 bits per heavy atom. The summed E-state index contributed by atoms with van der Waals surface area (Å²) in [6.45, 7) is 0. The van der Waals surface area contributed by atoms with Crippen LogP contribution in [0.25, 0.3) is 11.3 Å². The fourth-order valence-corrected chi connectivity index (χ4v) is 2.23. The summed E-state index contributed by atoms with van der Waals surface area (Å²) < 4.78 is 3.24. The molecule has 0 aliphatic rings. The molecule has 1 heterocycles. The van der Waals surface area contributed by atoms with Crippen molar-refractivity contribution >= 4 is 46.1 Å². The number of ether oxygens (including phenoxy) is 1. The summed E-state index contributed by atoms with van der Waals surface area (Å²) in [6.07, 6.45) is 0. The van der Waals surface area contributed by atoms with E-state index >= 15 is 0 Å². The van der Waals surface area contributed by atoms with Crippen LogP contribution in [0.1, 0.15) is 0 Å². The van der Waals surface area contributed by atoms with E-state index in [2.05, 4.69) is 4.98 Å². The molecule has 2 aromatic rings. The van der Waals surface area contributed by atoms with Crippen LogP contribution < -0.4 is 4.74 Å². The van der Waals surface area contributed by atoms with Crippen LogP contribution in [0.4, 0.5) is 0 Å². The molecule has 16 heavy (non-hydrogen) atoms. The summed E-state index contributed by atoms with van der Waals surface area (Å²) in [5, 5.41) is 2.18. The fraction of sp³-hybridized carbons (Fsp3) is 0.100. The molecule has 84 valence electrons. The lowest BCUT2D eigenvalue weighted by Gasteiger charge is -2.09. The van der Waals surface area contributed by atoms with Crippen molar-refractivity contribution in [2.75, 3.05) is 0 Å². The molecule has 1 aromatic heterocycles. The summed E-state index contributed by atoms with van der Waals surface area (Å²) in [7, 11) is 0. The zero-order chi connectivity index (χ0) is 11.6. The smallest absolute Gasteiger partial charge is 0.340 e. The average Bonchev–Trinajstić information content (AvgIpc) is 2.65. The highest BCUT2D eigenvalue weighted by molar-refractivity contribution is 7.11. The second-order valence-electron chi connectivity index (χ2n) is 2.91. The molecule has 0 radical (unpaired) electrons. The first-order valence-electron chi connectivity index (χ1n) is 4.31.